The van der Waals surface area contributed by atoms with Crippen LogP contribution < -0.4 is 15.1 Å². The first-order valence-corrected chi connectivity index (χ1v) is 13.1. The number of carbonyl (C=O) groups excluding carboxylic acids is 2. The zero-order valence-corrected chi connectivity index (χ0v) is 22.0. The molecular formula is C28H28ClN5O5. The first-order chi connectivity index (χ1) is 18.9. The molecule has 0 saturated carbocycles. The number of halogens is 1. The smallest absolute Gasteiger partial charge is 0.270 e. The number of amides is 2. The maximum atomic E-state index is 13.2. The third-order valence-corrected chi connectivity index (χ3v) is 7.19. The summed E-state index contributed by atoms with van der Waals surface area (Å²) >= 11 is 5.93. The van der Waals surface area contributed by atoms with Crippen molar-refractivity contribution in [2.45, 2.75) is 0 Å². The number of nitrogens with zero attached hydrogens (tertiary/aromatic N) is 4. The quantitative estimate of drug-likeness (QED) is 0.361. The summed E-state index contributed by atoms with van der Waals surface area (Å²) in [5.41, 5.74) is 2.94. The zero-order chi connectivity index (χ0) is 27.4. The number of benzene rings is 3. The first kappa shape index (κ1) is 26.5. The fourth-order valence-electron chi connectivity index (χ4n) is 4.80. The van der Waals surface area contributed by atoms with E-state index in [2.05, 4.69) is 10.2 Å². The van der Waals surface area contributed by atoms with Crippen molar-refractivity contribution in [3.63, 3.8) is 0 Å². The van der Waals surface area contributed by atoms with E-state index in [1.807, 2.05) is 34.1 Å². The highest BCUT2D eigenvalue weighted by Crippen LogP contribution is 2.28. The lowest BCUT2D eigenvalue weighted by Crippen LogP contribution is -2.48. The van der Waals surface area contributed by atoms with Crippen LogP contribution in [0.3, 0.4) is 0 Å². The van der Waals surface area contributed by atoms with Crippen LogP contribution in [0.4, 0.5) is 22.7 Å². The number of hydrogen-bond acceptors (Lipinski definition) is 7. The molecule has 0 aromatic heterocycles. The molecule has 3 aromatic carbocycles. The van der Waals surface area contributed by atoms with Gasteiger partial charge in [-0.1, -0.05) is 11.6 Å². The molecule has 2 amide bonds. The molecule has 10 nitrogen and oxygen atoms in total. The van der Waals surface area contributed by atoms with E-state index in [4.69, 9.17) is 16.3 Å². The third-order valence-electron chi connectivity index (χ3n) is 6.94. The molecule has 0 bridgehead atoms. The van der Waals surface area contributed by atoms with Gasteiger partial charge in [-0.05, 0) is 54.6 Å². The van der Waals surface area contributed by atoms with E-state index in [1.54, 1.807) is 30.3 Å². The van der Waals surface area contributed by atoms with Gasteiger partial charge in [0.05, 0.1) is 29.4 Å². The molecule has 2 fully saturated rings. The number of piperazine rings is 1. The minimum absolute atomic E-state index is 0.0121. The Morgan fingerprint density at radius 1 is 0.846 bits per heavy atom. The molecule has 0 atom stereocenters. The van der Waals surface area contributed by atoms with Crippen LogP contribution in [0, 0.1) is 10.1 Å². The molecule has 2 aliphatic rings. The number of non-ortho nitro benzene ring substituents is 1. The van der Waals surface area contributed by atoms with Crippen LogP contribution in [0.15, 0.2) is 66.7 Å². The van der Waals surface area contributed by atoms with Gasteiger partial charge in [0, 0.05) is 73.4 Å². The van der Waals surface area contributed by atoms with Crippen molar-refractivity contribution in [3.8, 4) is 0 Å². The Bertz CT molecular complexity index is 1350. The van der Waals surface area contributed by atoms with Gasteiger partial charge in [-0.15, -0.1) is 0 Å². The molecule has 0 spiro atoms. The molecule has 11 heteroatoms. The molecule has 1 N–H and O–H groups in total. The number of morpholine rings is 1. The van der Waals surface area contributed by atoms with Crippen molar-refractivity contribution in [1.82, 2.24) is 4.90 Å². The van der Waals surface area contributed by atoms with Crippen molar-refractivity contribution in [1.29, 1.82) is 0 Å². The van der Waals surface area contributed by atoms with Crippen LogP contribution in [0.1, 0.15) is 20.7 Å². The molecular weight excluding hydrogens is 522 g/mol. The highest BCUT2D eigenvalue weighted by molar-refractivity contribution is 6.30. The van der Waals surface area contributed by atoms with E-state index in [1.165, 1.54) is 12.1 Å². The van der Waals surface area contributed by atoms with Gasteiger partial charge >= 0.3 is 0 Å². The molecule has 0 aliphatic carbocycles. The number of anilines is 3. The Hall–Kier alpha value is -4.15. The monoisotopic (exact) mass is 549 g/mol. The predicted octanol–water partition coefficient (Wildman–Crippen LogP) is 4.30. The number of hydrogen-bond donors (Lipinski definition) is 1. The van der Waals surface area contributed by atoms with Gasteiger partial charge in [-0.3, -0.25) is 19.7 Å². The van der Waals surface area contributed by atoms with Crippen molar-refractivity contribution in [3.05, 3.63) is 93.0 Å². The molecule has 2 heterocycles. The molecule has 202 valence electrons. The van der Waals surface area contributed by atoms with Gasteiger partial charge in [-0.25, -0.2) is 0 Å². The molecule has 39 heavy (non-hydrogen) atoms. The van der Waals surface area contributed by atoms with Gasteiger partial charge in [0.1, 0.15) is 0 Å². The highest BCUT2D eigenvalue weighted by atomic mass is 35.5. The van der Waals surface area contributed by atoms with Gasteiger partial charge in [0.15, 0.2) is 0 Å². The van der Waals surface area contributed by atoms with Crippen LogP contribution in [0.2, 0.25) is 5.02 Å². The molecule has 0 radical (unpaired) electrons. The Morgan fingerprint density at radius 3 is 2.15 bits per heavy atom. The second-order valence-corrected chi connectivity index (χ2v) is 9.78. The van der Waals surface area contributed by atoms with Gasteiger partial charge < -0.3 is 24.8 Å². The normalized spacial score (nSPS) is 15.7. The number of ether oxygens (including phenoxy) is 1. The third kappa shape index (κ3) is 6.13. The van der Waals surface area contributed by atoms with E-state index in [0.717, 1.165) is 5.69 Å². The topological polar surface area (TPSA) is 108 Å². The summed E-state index contributed by atoms with van der Waals surface area (Å²) in [5, 5.41) is 14.8. The average molecular weight is 550 g/mol. The van der Waals surface area contributed by atoms with Crippen LogP contribution in [-0.2, 0) is 4.74 Å². The van der Waals surface area contributed by atoms with E-state index in [-0.39, 0.29) is 17.2 Å². The summed E-state index contributed by atoms with van der Waals surface area (Å²) in [5.74, 6) is -0.427. The Balaban J connectivity index is 1.23. The summed E-state index contributed by atoms with van der Waals surface area (Å²) in [6.45, 7) is 4.82. The summed E-state index contributed by atoms with van der Waals surface area (Å²) in [4.78, 5) is 42.9. The molecule has 0 unspecified atom stereocenters. The van der Waals surface area contributed by atoms with Gasteiger partial charge in [0.25, 0.3) is 17.5 Å². The van der Waals surface area contributed by atoms with Gasteiger partial charge in [0.2, 0.25) is 0 Å². The SMILES string of the molecule is O=C(Nc1ccc(N2CCN(C(=O)c3ccc(Cl)cc3)CC2)cc1)c1cc([N+](=O)[O-])ccc1N1CCOCC1. The number of carbonyl (C=O) groups is 2. The van der Waals surface area contributed by atoms with Gasteiger partial charge in [-0.2, -0.15) is 0 Å². The summed E-state index contributed by atoms with van der Waals surface area (Å²) in [7, 11) is 0. The molecule has 3 aromatic rings. The summed E-state index contributed by atoms with van der Waals surface area (Å²) < 4.78 is 5.40. The van der Waals surface area contributed by atoms with E-state index >= 15 is 0 Å². The Kier molecular flexibility index (Phi) is 7.94. The maximum Gasteiger partial charge on any atom is 0.270 e. The van der Waals surface area contributed by atoms with Crippen LogP contribution in [-0.4, -0.2) is 74.1 Å². The standard InChI is InChI=1S/C28H28ClN5O5/c29-21-3-1-20(2-4-21)28(36)33-13-11-31(12-14-33)23-7-5-22(6-8-23)30-27(35)25-19-24(34(37)38)9-10-26(25)32-15-17-39-18-16-32/h1-10,19H,11-18H2,(H,30,35). The molecule has 5 rings (SSSR count). The molecule has 2 saturated heterocycles. The fraction of sp³-hybridized carbons (Fsp3) is 0.286. The Morgan fingerprint density at radius 2 is 1.51 bits per heavy atom. The summed E-state index contributed by atoms with van der Waals surface area (Å²) in [6, 6.07) is 18.7. The number of nitro groups is 1. The van der Waals surface area contributed by atoms with E-state index < -0.39 is 10.8 Å². The number of nitro benzene ring substituents is 1. The summed E-state index contributed by atoms with van der Waals surface area (Å²) in [6.07, 6.45) is 0. The van der Waals surface area contributed by atoms with Crippen molar-refractivity contribution in [2.75, 3.05) is 67.6 Å². The lowest BCUT2D eigenvalue weighted by molar-refractivity contribution is -0.384. The maximum absolute atomic E-state index is 13.2. The van der Waals surface area contributed by atoms with Crippen molar-refractivity contribution in [2.24, 2.45) is 0 Å². The highest BCUT2D eigenvalue weighted by Gasteiger charge is 2.24. The lowest BCUT2D eigenvalue weighted by Gasteiger charge is -2.36. The predicted molar refractivity (Wildman–Crippen MR) is 150 cm³/mol. The molecule has 2 aliphatic heterocycles. The number of nitrogens with one attached hydrogen (secondary N) is 1. The van der Waals surface area contributed by atoms with Crippen LogP contribution in [0.25, 0.3) is 0 Å². The fourth-order valence-corrected chi connectivity index (χ4v) is 4.92. The minimum Gasteiger partial charge on any atom is -0.378 e. The lowest BCUT2D eigenvalue weighted by atomic mass is 10.1. The average Bonchev–Trinajstić information content (AvgIpc) is 2.98. The second kappa shape index (κ2) is 11.7. The Labute approximate surface area is 230 Å². The van der Waals surface area contributed by atoms with Crippen molar-refractivity contribution >= 4 is 46.2 Å². The largest absolute Gasteiger partial charge is 0.378 e. The minimum atomic E-state index is -0.503. The first-order valence-electron chi connectivity index (χ1n) is 12.7. The van der Waals surface area contributed by atoms with Crippen molar-refractivity contribution < 1.29 is 19.2 Å². The van der Waals surface area contributed by atoms with Crippen LogP contribution >= 0.6 is 11.6 Å². The zero-order valence-electron chi connectivity index (χ0n) is 21.2. The number of rotatable bonds is 6. The van der Waals surface area contributed by atoms with E-state index in [9.17, 15) is 19.7 Å². The van der Waals surface area contributed by atoms with E-state index in [0.29, 0.717) is 74.4 Å². The van der Waals surface area contributed by atoms with Crippen LogP contribution in [0.5, 0.6) is 0 Å². The second-order valence-electron chi connectivity index (χ2n) is 9.35.